The summed E-state index contributed by atoms with van der Waals surface area (Å²) in [5.41, 5.74) is 2.59. The zero-order valence-electron chi connectivity index (χ0n) is 12.0. The number of amides is 1. The largest absolute Gasteiger partial charge is 0.417 e. The van der Waals surface area contributed by atoms with E-state index in [1.807, 2.05) is 30.5 Å². The van der Waals surface area contributed by atoms with Crippen LogP contribution in [0, 0.1) is 0 Å². The first-order valence-corrected chi connectivity index (χ1v) is 7.24. The van der Waals surface area contributed by atoms with Crippen molar-refractivity contribution < 1.29 is 9.63 Å². The zero-order valence-corrected chi connectivity index (χ0v) is 12.8. The number of hydrogen-bond acceptors (Lipinski definition) is 2. The number of nitrogens with zero attached hydrogens (tertiary/aromatic N) is 1. The molecule has 3 aromatic rings. The van der Waals surface area contributed by atoms with Crippen molar-refractivity contribution in [3.8, 4) is 0 Å². The third kappa shape index (κ3) is 2.92. The summed E-state index contributed by atoms with van der Waals surface area (Å²) in [6, 6.07) is 14.9. The quantitative estimate of drug-likeness (QED) is 0.800. The molecule has 4 nitrogen and oxygen atoms in total. The second kappa shape index (κ2) is 6.12. The number of carbonyl (C=O) groups is 1. The Morgan fingerprint density at radius 2 is 1.91 bits per heavy atom. The second-order valence-corrected chi connectivity index (χ2v) is 5.35. The predicted octanol–water partition coefficient (Wildman–Crippen LogP) is 3.53. The van der Waals surface area contributed by atoms with Gasteiger partial charge in [0.2, 0.25) is 5.91 Å². The van der Waals surface area contributed by atoms with Gasteiger partial charge in [-0.2, -0.15) is 4.73 Å². The number of halogens is 1. The van der Waals surface area contributed by atoms with Gasteiger partial charge in [-0.3, -0.25) is 4.79 Å². The van der Waals surface area contributed by atoms with Gasteiger partial charge >= 0.3 is 0 Å². The van der Waals surface area contributed by atoms with Gasteiger partial charge in [-0.15, -0.1) is 0 Å². The van der Waals surface area contributed by atoms with Gasteiger partial charge in [-0.05, 0) is 35.9 Å². The molecule has 0 fully saturated rings. The molecule has 112 valence electrons. The van der Waals surface area contributed by atoms with Crippen LogP contribution in [0.15, 0.2) is 54.7 Å². The van der Waals surface area contributed by atoms with Crippen molar-refractivity contribution in [2.24, 2.45) is 0 Å². The zero-order chi connectivity index (χ0) is 15.5. The lowest BCUT2D eigenvalue weighted by Gasteiger charge is -2.04. The summed E-state index contributed by atoms with van der Waals surface area (Å²) in [5.74, 6) is -0.0821. The number of carbonyl (C=O) groups excluding carboxylic acids is 1. The molecule has 0 saturated carbocycles. The highest BCUT2D eigenvalue weighted by atomic mass is 35.5. The van der Waals surface area contributed by atoms with E-state index in [2.05, 4.69) is 5.32 Å². The van der Waals surface area contributed by atoms with E-state index >= 15 is 0 Å². The van der Waals surface area contributed by atoms with Crippen molar-refractivity contribution in [3.05, 3.63) is 65.3 Å². The number of hydrogen-bond donors (Lipinski definition) is 1. The van der Waals surface area contributed by atoms with E-state index in [1.165, 1.54) is 0 Å². The van der Waals surface area contributed by atoms with E-state index in [0.29, 0.717) is 5.02 Å². The molecule has 0 aliphatic rings. The SMILES string of the molecule is COn1cc(CC(=O)Nc2ccc(Cl)cc2)c2ccccc21. The number of fused-ring (bicyclic) bond motifs is 1. The lowest BCUT2D eigenvalue weighted by atomic mass is 10.1. The minimum atomic E-state index is -0.0821. The Kier molecular flexibility index (Phi) is 4.02. The average molecular weight is 315 g/mol. The van der Waals surface area contributed by atoms with Gasteiger partial charge in [-0.25, -0.2) is 0 Å². The highest BCUT2D eigenvalue weighted by Gasteiger charge is 2.12. The van der Waals surface area contributed by atoms with Crippen molar-refractivity contribution in [2.75, 3.05) is 12.4 Å². The molecule has 0 radical (unpaired) electrons. The molecule has 22 heavy (non-hydrogen) atoms. The summed E-state index contributed by atoms with van der Waals surface area (Å²) >= 11 is 5.83. The van der Waals surface area contributed by atoms with Crippen LogP contribution in [0.5, 0.6) is 0 Å². The predicted molar refractivity (Wildman–Crippen MR) is 88.2 cm³/mol. The Morgan fingerprint density at radius 3 is 2.64 bits per heavy atom. The van der Waals surface area contributed by atoms with Crippen LogP contribution in [0.4, 0.5) is 5.69 Å². The van der Waals surface area contributed by atoms with Crippen molar-refractivity contribution in [2.45, 2.75) is 6.42 Å². The van der Waals surface area contributed by atoms with Gasteiger partial charge in [0.15, 0.2) is 0 Å². The maximum absolute atomic E-state index is 12.2. The standard InChI is InChI=1S/C17H15ClN2O2/c1-22-20-11-12(15-4-2-3-5-16(15)20)10-17(21)19-14-8-6-13(18)7-9-14/h2-9,11H,10H2,1H3,(H,19,21). The summed E-state index contributed by atoms with van der Waals surface area (Å²) in [6.07, 6.45) is 2.12. The van der Waals surface area contributed by atoms with Crippen molar-refractivity contribution in [3.63, 3.8) is 0 Å². The molecule has 0 aliphatic heterocycles. The van der Waals surface area contributed by atoms with E-state index < -0.39 is 0 Å². The first-order valence-electron chi connectivity index (χ1n) is 6.86. The lowest BCUT2D eigenvalue weighted by Crippen LogP contribution is -2.14. The summed E-state index contributed by atoms with van der Waals surface area (Å²) in [4.78, 5) is 17.5. The smallest absolute Gasteiger partial charge is 0.228 e. The fourth-order valence-electron chi connectivity index (χ4n) is 2.42. The third-order valence-electron chi connectivity index (χ3n) is 3.44. The first-order chi connectivity index (χ1) is 10.7. The second-order valence-electron chi connectivity index (χ2n) is 4.91. The summed E-state index contributed by atoms with van der Waals surface area (Å²) in [5, 5.41) is 4.51. The average Bonchev–Trinajstić information content (AvgIpc) is 2.88. The topological polar surface area (TPSA) is 43.3 Å². The molecule has 1 heterocycles. The van der Waals surface area contributed by atoms with Crippen LogP contribution < -0.4 is 10.2 Å². The monoisotopic (exact) mass is 314 g/mol. The Balaban J connectivity index is 1.80. The van der Waals surface area contributed by atoms with Gasteiger partial charge in [-0.1, -0.05) is 29.8 Å². The minimum Gasteiger partial charge on any atom is -0.417 e. The Bertz CT molecular complexity index is 809. The molecule has 1 amide bonds. The highest BCUT2D eigenvalue weighted by molar-refractivity contribution is 6.30. The Morgan fingerprint density at radius 1 is 1.18 bits per heavy atom. The van der Waals surface area contributed by atoms with Crippen LogP contribution in [-0.2, 0) is 11.2 Å². The van der Waals surface area contributed by atoms with Gasteiger partial charge in [0, 0.05) is 22.3 Å². The molecule has 0 spiro atoms. The summed E-state index contributed by atoms with van der Waals surface area (Å²) in [7, 11) is 1.60. The number of rotatable bonds is 4. The molecule has 3 rings (SSSR count). The van der Waals surface area contributed by atoms with Crippen molar-refractivity contribution >= 4 is 34.1 Å². The number of aromatic nitrogens is 1. The summed E-state index contributed by atoms with van der Waals surface area (Å²) in [6.45, 7) is 0. The molecular weight excluding hydrogens is 300 g/mol. The molecule has 0 bridgehead atoms. The summed E-state index contributed by atoms with van der Waals surface area (Å²) < 4.78 is 1.67. The fourth-order valence-corrected chi connectivity index (χ4v) is 2.55. The van der Waals surface area contributed by atoms with Crippen LogP contribution in [0.2, 0.25) is 5.02 Å². The molecule has 0 atom stereocenters. The highest BCUT2D eigenvalue weighted by Crippen LogP contribution is 2.21. The number of nitrogens with one attached hydrogen (secondary N) is 1. The Hall–Kier alpha value is -2.46. The van der Waals surface area contributed by atoms with E-state index in [4.69, 9.17) is 16.4 Å². The number of benzene rings is 2. The van der Waals surface area contributed by atoms with Crippen LogP contribution in [0.1, 0.15) is 5.56 Å². The normalized spacial score (nSPS) is 10.6. The molecule has 0 saturated heterocycles. The molecule has 1 N–H and O–H groups in total. The lowest BCUT2D eigenvalue weighted by molar-refractivity contribution is -0.115. The van der Waals surface area contributed by atoms with Gasteiger partial charge in [0.1, 0.15) is 7.11 Å². The van der Waals surface area contributed by atoms with Crippen molar-refractivity contribution in [1.29, 1.82) is 0 Å². The van der Waals surface area contributed by atoms with Crippen LogP contribution >= 0.6 is 11.6 Å². The van der Waals surface area contributed by atoms with E-state index in [9.17, 15) is 4.79 Å². The molecule has 1 aromatic heterocycles. The van der Waals surface area contributed by atoms with Gasteiger partial charge < -0.3 is 10.2 Å². The molecule has 0 aliphatic carbocycles. The first kappa shape index (κ1) is 14.5. The van der Waals surface area contributed by atoms with E-state index in [0.717, 1.165) is 22.2 Å². The van der Waals surface area contributed by atoms with E-state index in [1.54, 1.807) is 36.1 Å². The van der Waals surface area contributed by atoms with Crippen LogP contribution in [0.25, 0.3) is 10.9 Å². The molecular formula is C17H15ClN2O2. The Labute approximate surface area is 133 Å². The van der Waals surface area contributed by atoms with Gasteiger partial charge in [0.05, 0.1) is 11.9 Å². The van der Waals surface area contributed by atoms with Crippen LogP contribution in [-0.4, -0.2) is 17.7 Å². The molecule has 2 aromatic carbocycles. The van der Waals surface area contributed by atoms with Crippen LogP contribution in [0.3, 0.4) is 0 Å². The molecule has 5 heteroatoms. The number of anilines is 1. The molecule has 0 unspecified atom stereocenters. The third-order valence-corrected chi connectivity index (χ3v) is 3.69. The maximum Gasteiger partial charge on any atom is 0.228 e. The maximum atomic E-state index is 12.2. The van der Waals surface area contributed by atoms with Gasteiger partial charge in [0.25, 0.3) is 0 Å². The number of para-hydroxylation sites is 1. The fraction of sp³-hybridized carbons (Fsp3) is 0.118. The van der Waals surface area contributed by atoms with E-state index in [-0.39, 0.29) is 12.3 Å². The van der Waals surface area contributed by atoms with Crippen molar-refractivity contribution in [1.82, 2.24) is 4.73 Å². The minimum absolute atomic E-state index is 0.0821.